The van der Waals surface area contributed by atoms with Crippen LogP contribution in [0, 0.1) is 5.21 Å². The fraction of sp³-hybridized carbons (Fsp3) is 0.333. The molecule has 4 rings (SSSR count). The van der Waals surface area contributed by atoms with E-state index in [1.54, 1.807) is 23.1 Å². The Balaban J connectivity index is 1.69. The molecule has 0 unspecified atom stereocenters. The average molecular weight is 326 g/mol. The molecule has 1 fully saturated rings. The second-order valence-electron chi connectivity index (χ2n) is 5.94. The number of carbonyl (C=O) groups is 1. The van der Waals surface area contributed by atoms with Crippen LogP contribution in [-0.2, 0) is 0 Å². The van der Waals surface area contributed by atoms with Crippen LogP contribution in [-0.4, -0.2) is 30.6 Å². The largest absolute Gasteiger partial charge is 0.618 e. The number of carbonyl (C=O) groups excluding carboxylic acids is 1. The Morgan fingerprint density at radius 3 is 2.92 bits per heavy atom. The molecule has 2 aliphatic heterocycles. The molecule has 0 saturated carbocycles. The van der Waals surface area contributed by atoms with Crippen molar-refractivity contribution >= 4 is 5.91 Å². The zero-order valence-electron chi connectivity index (χ0n) is 13.2. The Bertz CT molecular complexity index is 777. The maximum absolute atomic E-state index is 12.9. The number of benzene rings is 1. The first-order chi connectivity index (χ1) is 11.8. The molecule has 2 aromatic rings. The third-order valence-electron chi connectivity index (χ3n) is 4.51. The zero-order valence-corrected chi connectivity index (χ0v) is 13.2. The molecule has 0 aliphatic carbocycles. The highest BCUT2D eigenvalue weighted by molar-refractivity contribution is 5.91. The minimum absolute atomic E-state index is 0.102. The summed E-state index contributed by atoms with van der Waals surface area (Å²) in [4.78, 5) is 14.6. The van der Waals surface area contributed by atoms with Gasteiger partial charge in [-0.3, -0.25) is 4.79 Å². The van der Waals surface area contributed by atoms with Crippen LogP contribution in [0.1, 0.15) is 34.9 Å². The van der Waals surface area contributed by atoms with Crippen LogP contribution in [0.3, 0.4) is 0 Å². The van der Waals surface area contributed by atoms with Gasteiger partial charge in [-0.15, -0.1) is 0 Å². The number of aromatic nitrogens is 1. The highest BCUT2D eigenvalue weighted by Crippen LogP contribution is 2.43. The summed E-state index contributed by atoms with van der Waals surface area (Å²) in [7, 11) is 0. The molecule has 6 heteroatoms. The van der Waals surface area contributed by atoms with Gasteiger partial charge in [-0.25, -0.2) is 0 Å². The van der Waals surface area contributed by atoms with Crippen LogP contribution in [0.4, 0.5) is 0 Å². The quantitative estimate of drug-likeness (QED) is 0.626. The summed E-state index contributed by atoms with van der Waals surface area (Å²) in [5, 5.41) is 11.9. The lowest BCUT2D eigenvalue weighted by atomic mass is 10.0. The van der Waals surface area contributed by atoms with E-state index in [0.29, 0.717) is 24.5 Å². The highest BCUT2D eigenvalue weighted by atomic mass is 16.6. The minimum atomic E-state index is -0.248. The molecular weight excluding hydrogens is 308 g/mol. The molecule has 1 saturated heterocycles. The van der Waals surface area contributed by atoms with Gasteiger partial charge in [0.1, 0.15) is 13.2 Å². The van der Waals surface area contributed by atoms with E-state index in [4.69, 9.17) is 9.47 Å². The number of rotatable bonds is 2. The van der Waals surface area contributed by atoms with Gasteiger partial charge in [-0.2, -0.15) is 4.73 Å². The van der Waals surface area contributed by atoms with Crippen LogP contribution in [0.2, 0.25) is 0 Å². The monoisotopic (exact) mass is 326 g/mol. The summed E-state index contributed by atoms with van der Waals surface area (Å²) >= 11 is 0. The van der Waals surface area contributed by atoms with Crippen molar-refractivity contribution in [1.29, 1.82) is 0 Å². The van der Waals surface area contributed by atoms with Gasteiger partial charge in [0.15, 0.2) is 17.7 Å². The third-order valence-corrected chi connectivity index (χ3v) is 4.51. The van der Waals surface area contributed by atoms with E-state index >= 15 is 0 Å². The molecule has 124 valence electrons. The van der Waals surface area contributed by atoms with E-state index in [1.807, 2.05) is 18.2 Å². The van der Waals surface area contributed by atoms with Gasteiger partial charge < -0.3 is 19.6 Å². The molecule has 1 aromatic heterocycles. The molecule has 0 radical (unpaired) electrons. The van der Waals surface area contributed by atoms with Gasteiger partial charge in [-0.1, -0.05) is 12.1 Å². The second-order valence-corrected chi connectivity index (χ2v) is 5.94. The van der Waals surface area contributed by atoms with Crippen LogP contribution < -0.4 is 14.2 Å². The van der Waals surface area contributed by atoms with E-state index in [-0.39, 0.29) is 17.6 Å². The van der Waals surface area contributed by atoms with Crippen LogP contribution >= 0.6 is 0 Å². The van der Waals surface area contributed by atoms with Crippen molar-refractivity contribution in [1.82, 2.24) is 4.90 Å². The predicted octanol–water partition coefficient (Wildman–Crippen LogP) is 2.07. The van der Waals surface area contributed by atoms with E-state index < -0.39 is 0 Å². The van der Waals surface area contributed by atoms with E-state index in [0.717, 1.165) is 29.9 Å². The number of ether oxygens (including phenoxy) is 2. The standard InChI is InChI=1S/C18H18N2O4/c21-18(15-6-1-2-10-20(15)22)19-9-4-7-14(19)13-5-3-8-16-17(13)24-12-11-23-16/h1-3,5-6,8,10,14H,4,7,9,11-12H2/t14-/m1/s1. The lowest BCUT2D eigenvalue weighted by Crippen LogP contribution is -2.41. The normalized spacial score (nSPS) is 19.3. The Kier molecular flexibility index (Phi) is 3.72. The second kappa shape index (κ2) is 6.03. The highest BCUT2D eigenvalue weighted by Gasteiger charge is 2.36. The van der Waals surface area contributed by atoms with Crippen molar-refractivity contribution in [2.24, 2.45) is 0 Å². The number of likely N-dealkylation sites (tertiary alicyclic amines) is 1. The van der Waals surface area contributed by atoms with Crippen LogP contribution in [0.25, 0.3) is 0 Å². The Labute approximate surface area is 139 Å². The van der Waals surface area contributed by atoms with Gasteiger partial charge in [0.05, 0.1) is 6.04 Å². The van der Waals surface area contributed by atoms with Crippen molar-refractivity contribution in [2.75, 3.05) is 19.8 Å². The molecule has 3 heterocycles. The summed E-state index contributed by atoms with van der Waals surface area (Å²) in [5.74, 6) is 1.19. The summed E-state index contributed by atoms with van der Waals surface area (Å²) in [6.45, 7) is 1.66. The lowest BCUT2D eigenvalue weighted by Gasteiger charge is -2.28. The molecule has 0 spiro atoms. The van der Waals surface area contributed by atoms with E-state index in [1.165, 1.54) is 6.20 Å². The molecule has 0 bridgehead atoms. The van der Waals surface area contributed by atoms with Crippen LogP contribution in [0.15, 0.2) is 42.6 Å². The summed E-state index contributed by atoms with van der Waals surface area (Å²) in [5.41, 5.74) is 1.10. The summed E-state index contributed by atoms with van der Waals surface area (Å²) in [6, 6.07) is 10.5. The Morgan fingerprint density at radius 1 is 1.17 bits per heavy atom. The molecule has 1 aromatic carbocycles. The summed E-state index contributed by atoms with van der Waals surface area (Å²) < 4.78 is 12.1. The van der Waals surface area contributed by atoms with Gasteiger partial charge in [0.25, 0.3) is 5.69 Å². The number of nitrogens with zero attached hydrogens (tertiary/aromatic N) is 2. The number of hydrogen-bond acceptors (Lipinski definition) is 4. The predicted molar refractivity (Wildman–Crippen MR) is 85.8 cm³/mol. The maximum Gasteiger partial charge on any atom is 0.320 e. The van der Waals surface area contributed by atoms with Gasteiger partial charge in [0, 0.05) is 24.2 Å². The van der Waals surface area contributed by atoms with Gasteiger partial charge in [-0.05, 0) is 25.0 Å². The zero-order chi connectivity index (χ0) is 16.5. The molecular formula is C18H18N2O4. The number of hydrogen-bond donors (Lipinski definition) is 0. The van der Waals surface area contributed by atoms with Crippen molar-refractivity contribution < 1.29 is 19.0 Å². The Hall–Kier alpha value is -2.76. The van der Waals surface area contributed by atoms with E-state index in [2.05, 4.69) is 0 Å². The number of para-hydroxylation sites is 1. The topological polar surface area (TPSA) is 65.7 Å². The molecule has 1 amide bonds. The number of pyridine rings is 1. The molecule has 0 N–H and O–H groups in total. The van der Waals surface area contributed by atoms with Crippen molar-refractivity contribution in [2.45, 2.75) is 18.9 Å². The fourth-order valence-corrected chi connectivity index (χ4v) is 3.43. The van der Waals surface area contributed by atoms with Gasteiger partial charge in [0.2, 0.25) is 0 Å². The molecule has 1 atom stereocenters. The molecule has 2 aliphatic rings. The average Bonchev–Trinajstić information content (AvgIpc) is 3.10. The summed E-state index contributed by atoms with van der Waals surface area (Å²) in [6.07, 6.45) is 3.09. The minimum Gasteiger partial charge on any atom is -0.618 e. The van der Waals surface area contributed by atoms with Crippen molar-refractivity contribution in [3.8, 4) is 11.5 Å². The molecule has 6 nitrogen and oxygen atoms in total. The number of fused-ring (bicyclic) bond motifs is 1. The van der Waals surface area contributed by atoms with Gasteiger partial charge >= 0.3 is 5.91 Å². The van der Waals surface area contributed by atoms with Crippen molar-refractivity contribution in [3.63, 3.8) is 0 Å². The first-order valence-electron chi connectivity index (χ1n) is 8.13. The first kappa shape index (κ1) is 14.8. The first-order valence-corrected chi connectivity index (χ1v) is 8.13. The Morgan fingerprint density at radius 2 is 2.04 bits per heavy atom. The van der Waals surface area contributed by atoms with Crippen molar-refractivity contribution in [3.05, 3.63) is 59.1 Å². The van der Waals surface area contributed by atoms with E-state index in [9.17, 15) is 10.0 Å². The third kappa shape index (κ3) is 2.44. The smallest absolute Gasteiger partial charge is 0.320 e. The lowest BCUT2D eigenvalue weighted by molar-refractivity contribution is -0.608. The van der Waals surface area contributed by atoms with Crippen LogP contribution in [0.5, 0.6) is 11.5 Å². The SMILES string of the molecule is O=C(c1cccc[n+]1[O-])N1CCC[C@@H]1c1cccc2c1OCCO2. The maximum atomic E-state index is 12.9. The molecule has 24 heavy (non-hydrogen) atoms. The fourth-order valence-electron chi connectivity index (χ4n) is 3.43. The number of amides is 1.